The van der Waals surface area contributed by atoms with Gasteiger partial charge in [0.05, 0.1) is 0 Å². The van der Waals surface area contributed by atoms with E-state index in [4.69, 9.17) is 10.5 Å². The highest BCUT2D eigenvalue weighted by Crippen LogP contribution is 2.35. The molecule has 1 rings (SSSR count). The molecule has 19 heavy (non-hydrogen) atoms. The lowest BCUT2D eigenvalue weighted by atomic mass is 10.1. The number of nitrogens with one attached hydrogen (secondary N) is 1. The van der Waals surface area contributed by atoms with E-state index in [1.807, 2.05) is 12.2 Å². The van der Waals surface area contributed by atoms with E-state index in [9.17, 15) is 14.4 Å². The topological polar surface area (TPSA) is 98.5 Å². The highest BCUT2D eigenvalue weighted by molar-refractivity contribution is 5.97. The second kappa shape index (κ2) is 6.36. The Bertz CT molecular complexity index is 411. The minimum Gasteiger partial charge on any atom is -0.449 e. The summed E-state index contributed by atoms with van der Waals surface area (Å²) in [6.45, 7) is 5.30. The first-order valence-electron chi connectivity index (χ1n) is 6.30. The van der Waals surface area contributed by atoms with Crippen molar-refractivity contribution in [2.24, 2.45) is 17.6 Å². The number of rotatable bonds is 5. The zero-order chi connectivity index (χ0) is 14.6. The molecule has 1 saturated carbocycles. The van der Waals surface area contributed by atoms with Crippen molar-refractivity contribution < 1.29 is 19.1 Å². The van der Waals surface area contributed by atoms with Crippen LogP contribution in [-0.2, 0) is 14.3 Å². The molecule has 6 heteroatoms. The molecule has 0 spiro atoms. The molecule has 106 valence electrons. The lowest BCUT2D eigenvalue weighted by Crippen LogP contribution is -2.45. The number of imide groups is 1. The Balaban J connectivity index is 2.62. The minimum absolute atomic E-state index is 0.252. The Morgan fingerprint density at radius 2 is 1.89 bits per heavy atom. The van der Waals surface area contributed by atoms with Crippen LogP contribution in [0.3, 0.4) is 0 Å². The zero-order valence-electron chi connectivity index (χ0n) is 11.4. The van der Waals surface area contributed by atoms with E-state index < -0.39 is 24.0 Å². The summed E-state index contributed by atoms with van der Waals surface area (Å²) in [5.41, 5.74) is 5.83. The lowest BCUT2D eigenvalue weighted by Gasteiger charge is -2.19. The highest BCUT2D eigenvalue weighted by atomic mass is 16.5. The fourth-order valence-corrected chi connectivity index (χ4v) is 1.69. The van der Waals surface area contributed by atoms with Gasteiger partial charge in [-0.05, 0) is 31.6 Å². The maximum atomic E-state index is 11.7. The number of esters is 1. The number of amides is 3. The first kappa shape index (κ1) is 15.2. The van der Waals surface area contributed by atoms with Gasteiger partial charge in [0, 0.05) is 6.08 Å². The van der Waals surface area contributed by atoms with Crippen LogP contribution in [0, 0.1) is 11.8 Å². The fraction of sp³-hybridized carbons (Fsp3) is 0.615. The van der Waals surface area contributed by atoms with Gasteiger partial charge in [-0.3, -0.25) is 10.1 Å². The third kappa shape index (κ3) is 5.11. The summed E-state index contributed by atoms with van der Waals surface area (Å²) in [4.78, 5) is 34.0. The first-order chi connectivity index (χ1) is 8.81. The lowest BCUT2D eigenvalue weighted by molar-refractivity contribution is -0.153. The maximum Gasteiger partial charge on any atom is 0.331 e. The van der Waals surface area contributed by atoms with Crippen LogP contribution in [0.15, 0.2) is 11.6 Å². The third-order valence-corrected chi connectivity index (χ3v) is 2.92. The van der Waals surface area contributed by atoms with Crippen molar-refractivity contribution in [2.45, 2.75) is 39.7 Å². The molecular formula is C13H20N2O4. The summed E-state index contributed by atoms with van der Waals surface area (Å²) in [7, 11) is 0. The van der Waals surface area contributed by atoms with Crippen LogP contribution >= 0.6 is 0 Å². The Kier molecular flexibility index (Phi) is 5.09. The van der Waals surface area contributed by atoms with Crippen molar-refractivity contribution >= 4 is 17.9 Å². The van der Waals surface area contributed by atoms with Crippen LogP contribution in [-0.4, -0.2) is 24.0 Å². The Hall–Kier alpha value is -1.85. The largest absolute Gasteiger partial charge is 0.449 e. The number of hydrogen-bond acceptors (Lipinski definition) is 4. The predicted molar refractivity (Wildman–Crippen MR) is 68.9 cm³/mol. The van der Waals surface area contributed by atoms with Gasteiger partial charge in [-0.1, -0.05) is 19.4 Å². The normalized spacial score (nSPS) is 16.9. The fourth-order valence-electron chi connectivity index (χ4n) is 1.69. The second-order valence-corrected chi connectivity index (χ2v) is 5.12. The second-order valence-electron chi connectivity index (χ2n) is 5.12. The molecule has 1 aliphatic rings. The Labute approximate surface area is 112 Å². The average Bonchev–Trinajstić information content (AvgIpc) is 3.07. The summed E-state index contributed by atoms with van der Waals surface area (Å²) in [6.07, 6.45) is 2.56. The molecule has 0 aromatic carbocycles. The van der Waals surface area contributed by atoms with E-state index in [0.717, 1.165) is 18.4 Å². The van der Waals surface area contributed by atoms with E-state index in [1.54, 1.807) is 13.8 Å². The number of primary amides is 1. The van der Waals surface area contributed by atoms with E-state index in [1.165, 1.54) is 6.08 Å². The van der Waals surface area contributed by atoms with Crippen molar-refractivity contribution in [3.63, 3.8) is 0 Å². The van der Waals surface area contributed by atoms with Gasteiger partial charge in [0.25, 0.3) is 5.91 Å². The smallest absolute Gasteiger partial charge is 0.331 e. The summed E-state index contributed by atoms with van der Waals surface area (Å²) >= 11 is 0. The monoisotopic (exact) mass is 268 g/mol. The molecule has 0 bridgehead atoms. The van der Waals surface area contributed by atoms with Crippen molar-refractivity contribution in [2.75, 3.05) is 0 Å². The SMILES string of the molecule is CC(=CC(=O)OC(C(=O)NC(N)=O)C(C)C)C1CC1. The summed E-state index contributed by atoms with van der Waals surface area (Å²) in [6, 6.07) is -0.962. The molecule has 6 nitrogen and oxygen atoms in total. The number of nitrogens with two attached hydrogens (primary N) is 1. The summed E-state index contributed by atoms with van der Waals surface area (Å²) in [5.74, 6) is -1.06. The standard InChI is InChI=1S/C13H20N2O4/c1-7(2)11(12(17)15-13(14)18)19-10(16)6-8(3)9-4-5-9/h6-7,9,11H,4-5H2,1-3H3,(H3,14,15,17,18). The van der Waals surface area contributed by atoms with Gasteiger partial charge in [-0.25, -0.2) is 9.59 Å². The molecule has 1 unspecified atom stereocenters. The molecule has 0 saturated heterocycles. The molecular weight excluding hydrogens is 248 g/mol. The number of urea groups is 1. The van der Waals surface area contributed by atoms with E-state index in [-0.39, 0.29) is 5.92 Å². The van der Waals surface area contributed by atoms with Crippen molar-refractivity contribution in [3.05, 3.63) is 11.6 Å². The number of ether oxygens (including phenoxy) is 1. The van der Waals surface area contributed by atoms with Crippen molar-refractivity contribution in [1.29, 1.82) is 0 Å². The van der Waals surface area contributed by atoms with Crippen molar-refractivity contribution in [3.8, 4) is 0 Å². The van der Waals surface area contributed by atoms with E-state index in [0.29, 0.717) is 5.92 Å². The van der Waals surface area contributed by atoms with Crippen LogP contribution in [0.4, 0.5) is 4.79 Å². The quantitative estimate of drug-likeness (QED) is 0.576. The van der Waals surface area contributed by atoms with E-state index >= 15 is 0 Å². The molecule has 0 aliphatic heterocycles. The molecule has 1 fully saturated rings. The number of carbonyl (C=O) groups is 3. The first-order valence-corrected chi connectivity index (χ1v) is 6.30. The summed E-state index contributed by atoms with van der Waals surface area (Å²) < 4.78 is 5.09. The number of hydrogen-bond donors (Lipinski definition) is 2. The Morgan fingerprint density at radius 1 is 1.32 bits per heavy atom. The van der Waals surface area contributed by atoms with Gasteiger partial charge in [-0.15, -0.1) is 0 Å². The average molecular weight is 268 g/mol. The number of allylic oxidation sites excluding steroid dienone is 1. The van der Waals surface area contributed by atoms with Crippen LogP contribution in [0.5, 0.6) is 0 Å². The molecule has 1 aliphatic carbocycles. The summed E-state index contributed by atoms with van der Waals surface area (Å²) in [5, 5.41) is 1.92. The van der Waals surface area contributed by atoms with Crippen molar-refractivity contribution in [1.82, 2.24) is 5.32 Å². The van der Waals surface area contributed by atoms with Gasteiger partial charge >= 0.3 is 12.0 Å². The van der Waals surface area contributed by atoms with Crippen LogP contribution in [0.25, 0.3) is 0 Å². The number of carbonyl (C=O) groups excluding carboxylic acids is 3. The molecule has 0 aromatic heterocycles. The van der Waals surface area contributed by atoms with Gasteiger partial charge in [0.15, 0.2) is 6.10 Å². The molecule has 0 heterocycles. The van der Waals surface area contributed by atoms with E-state index in [2.05, 4.69) is 0 Å². The van der Waals surface area contributed by atoms with Crippen LogP contribution in [0.1, 0.15) is 33.6 Å². The Morgan fingerprint density at radius 3 is 2.32 bits per heavy atom. The predicted octanol–water partition coefficient (Wildman–Crippen LogP) is 1.11. The molecule has 0 radical (unpaired) electrons. The third-order valence-electron chi connectivity index (χ3n) is 2.92. The zero-order valence-corrected chi connectivity index (χ0v) is 11.4. The molecule has 1 atom stereocenters. The highest BCUT2D eigenvalue weighted by Gasteiger charge is 2.28. The maximum absolute atomic E-state index is 11.7. The minimum atomic E-state index is -1.02. The van der Waals surface area contributed by atoms with Crippen LogP contribution < -0.4 is 11.1 Å². The van der Waals surface area contributed by atoms with Gasteiger partial charge in [0.2, 0.25) is 0 Å². The molecule has 3 N–H and O–H groups in total. The molecule has 0 aromatic rings. The van der Waals surface area contributed by atoms with Gasteiger partial charge in [0.1, 0.15) is 0 Å². The van der Waals surface area contributed by atoms with Gasteiger partial charge in [-0.2, -0.15) is 0 Å². The van der Waals surface area contributed by atoms with Crippen LogP contribution in [0.2, 0.25) is 0 Å². The molecule has 3 amide bonds. The van der Waals surface area contributed by atoms with Gasteiger partial charge < -0.3 is 10.5 Å².